The Balaban J connectivity index is 3.81. The zero-order valence-corrected chi connectivity index (χ0v) is 15.2. The second kappa shape index (κ2) is 17.5. The average molecular weight is 330 g/mol. The van der Waals surface area contributed by atoms with E-state index in [0.717, 1.165) is 25.8 Å². The molecule has 1 atom stereocenters. The van der Waals surface area contributed by atoms with Gasteiger partial charge in [0.2, 0.25) is 0 Å². The summed E-state index contributed by atoms with van der Waals surface area (Å²) in [5, 5.41) is 16.8. The van der Waals surface area contributed by atoms with E-state index in [2.05, 4.69) is 24.5 Å². The van der Waals surface area contributed by atoms with Gasteiger partial charge in [0, 0.05) is 13.1 Å². The highest BCUT2D eigenvalue weighted by Crippen LogP contribution is 2.03. The minimum Gasteiger partial charge on any atom is -0.445 e. The molecule has 0 rings (SSSR count). The summed E-state index contributed by atoms with van der Waals surface area (Å²) in [5.41, 5.74) is 0. The Labute approximate surface area is 142 Å². The van der Waals surface area contributed by atoms with E-state index in [4.69, 9.17) is 4.74 Å². The summed E-state index contributed by atoms with van der Waals surface area (Å²) in [5.74, 6) is 0. The SMILES string of the molecule is CCCCCCNCC(CCC[O])OC(=O)NCCCCCC. The Morgan fingerprint density at radius 1 is 0.913 bits per heavy atom. The van der Waals surface area contributed by atoms with E-state index < -0.39 is 0 Å². The summed E-state index contributed by atoms with van der Waals surface area (Å²) in [6.45, 7) is 6.48. The van der Waals surface area contributed by atoms with Gasteiger partial charge in [0.1, 0.15) is 6.10 Å². The molecule has 0 heterocycles. The van der Waals surface area contributed by atoms with Crippen molar-refractivity contribution < 1.29 is 14.6 Å². The lowest BCUT2D eigenvalue weighted by atomic mass is 10.2. The third-order valence-electron chi connectivity index (χ3n) is 3.82. The summed E-state index contributed by atoms with van der Waals surface area (Å²) in [7, 11) is 0. The first kappa shape index (κ1) is 22.2. The van der Waals surface area contributed by atoms with Crippen LogP contribution in [-0.4, -0.2) is 38.4 Å². The second-order valence-corrected chi connectivity index (χ2v) is 6.13. The van der Waals surface area contributed by atoms with Crippen LogP contribution in [0.2, 0.25) is 0 Å². The summed E-state index contributed by atoms with van der Waals surface area (Å²) in [6.07, 6.45) is 10.00. The van der Waals surface area contributed by atoms with Crippen molar-refractivity contribution in [2.45, 2.75) is 84.2 Å². The molecule has 0 bridgehead atoms. The lowest BCUT2D eigenvalue weighted by molar-refractivity contribution is 0.0823. The third kappa shape index (κ3) is 15.8. The number of carbonyl (C=O) groups is 1. The van der Waals surface area contributed by atoms with Gasteiger partial charge in [-0.25, -0.2) is 9.90 Å². The van der Waals surface area contributed by atoms with Gasteiger partial charge in [0.15, 0.2) is 0 Å². The first-order chi connectivity index (χ1) is 11.2. The molecule has 0 aromatic heterocycles. The van der Waals surface area contributed by atoms with Gasteiger partial charge < -0.3 is 15.4 Å². The number of carbonyl (C=O) groups excluding carboxylic acids is 1. The van der Waals surface area contributed by atoms with Crippen LogP contribution in [0.3, 0.4) is 0 Å². The smallest absolute Gasteiger partial charge is 0.407 e. The van der Waals surface area contributed by atoms with Gasteiger partial charge in [-0.3, -0.25) is 0 Å². The molecule has 0 aromatic rings. The average Bonchev–Trinajstić information content (AvgIpc) is 2.55. The van der Waals surface area contributed by atoms with E-state index >= 15 is 0 Å². The Bertz CT molecular complexity index is 263. The van der Waals surface area contributed by atoms with Crippen molar-refractivity contribution in [3.63, 3.8) is 0 Å². The highest BCUT2D eigenvalue weighted by atomic mass is 16.6. The molecule has 0 fully saturated rings. The molecule has 5 nitrogen and oxygen atoms in total. The van der Waals surface area contributed by atoms with E-state index in [1.807, 2.05) is 0 Å². The van der Waals surface area contributed by atoms with Crippen LogP contribution in [0.1, 0.15) is 78.1 Å². The van der Waals surface area contributed by atoms with Crippen molar-refractivity contribution >= 4 is 6.09 Å². The fourth-order valence-electron chi connectivity index (χ4n) is 2.39. The van der Waals surface area contributed by atoms with Gasteiger partial charge in [-0.2, -0.15) is 0 Å². The Morgan fingerprint density at radius 2 is 1.57 bits per heavy atom. The number of hydrogen-bond acceptors (Lipinski definition) is 3. The first-order valence-corrected chi connectivity index (χ1v) is 9.47. The van der Waals surface area contributed by atoms with Gasteiger partial charge in [-0.05, 0) is 32.2 Å². The van der Waals surface area contributed by atoms with Crippen LogP contribution in [-0.2, 0) is 9.84 Å². The molecule has 0 saturated carbocycles. The summed E-state index contributed by atoms with van der Waals surface area (Å²) in [4.78, 5) is 11.8. The van der Waals surface area contributed by atoms with Crippen LogP contribution in [0.4, 0.5) is 4.79 Å². The molecule has 1 unspecified atom stereocenters. The predicted octanol–water partition coefficient (Wildman–Crippen LogP) is 4.04. The number of unbranched alkanes of at least 4 members (excludes halogenated alkanes) is 6. The summed E-state index contributed by atoms with van der Waals surface area (Å²) in [6, 6.07) is 0. The lowest BCUT2D eigenvalue weighted by Gasteiger charge is -2.18. The molecule has 137 valence electrons. The monoisotopic (exact) mass is 329 g/mol. The number of nitrogens with one attached hydrogen (secondary N) is 2. The third-order valence-corrected chi connectivity index (χ3v) is 3.82. The Kier molecular flexibility index (Phi) is 16.9. The van der Waals surface area contributed by atoms with Gasteiger partial charge >= 0.3 is 6.09 Å². The largest absolute Gasteiger partial charge is 0.445 e. The number of amides is 1. The maximum Gasteiger partial charge on any atom is 0.407 e. The van der Waals surface area contributed by atoms with Gasteiger partial charge in [-0.15, -0.1) is 0 Å². The molecule has 23 heavy (non-hydrogen) atoms. The first-order valence-electron chi connectivity index (χ1n) is 9.47. The molecule has 0 aliphatic rings. The highest BCUT2D eigenvalue weighted by molar-refractivity contribution is 5.67. The van der Waals surface area contributed by atoms with E-state index in [1.165, 1.54) is 32.1 Å². The molecule has 5 heteroatoms. The van der Waals surface area contributed by atoms with Crippen molar-refractivity contribution in [1.82, 2.24) is 10.6 Å². The number of rotatable bonds is 16. The molecule has 0 aliphatic heterocycles. The number of ether oxygens (including phenoxy) is 1. The van der Waals surface area contributed by atoms with Crippen LogP contribution in [0.15, 0.2) is 0 Å². The highest BCUT2D eigenvalue weighted by Gasteiger charge is 2.13. The maximum absolute atomic E-state index is 11.8. The second-order valence-electron chi connectivity index (χ2n) is 6.13. The van der Waals surface area contributed by atoms with Crippen molar-refractivity contribution in [2.75, 3.05) is 26.2 Å². The molecular formula is C18H37N2O3. The van der Waals surface area contributed by atoms with Gasteiger partial charge in [0.25, 0.3) is 0 Å². The zero-order chi connectivity index (χ0) is 17.2. The Hall–Kier alpha value is -0.810. The summed E-state index contributed by atoms with van der Waals surface area (Å²) >= 11 is 0. The molecular weight excluding hydrogens is 292 g/mol. The minimum absolute atomic E-state index is 0.116. The van der Waals surface area contributed by atoms with E-state index in [9.17, 15) is 9.90 Å². The normalized spacial score (nSPS) is 12.1. The topological polar surface area (TPSA) is 70.3 Å². The standard InChI is InChI=1S/C18H37N2O3/c1-3-5-7-9-13-19-16-17(12-11-15-21)23-18(22)20-14-10-8-6-4-2/h17,19H,3-16H2,1-2H3,(H,20,22). The van der Waals surface area contributed by atoms with E-state index in [1.54, 1.807) is 0 Å². The van der Waals surface area contributed by atoms with Crippen molar-refractivity contribution in [3.05, 3.63) is 0 Å². The van der Waals surface area contributed by atoms with Crippen LogP contribution < -0.4 is 10.6 Å². The molecule has 1 radical (unpaired) electrons. The van der Waals surface area contributed by atoms with E-state index in [-0.39, 0.29) is 18.8 Å². The molecule has 0 spiro atoms. The summed E-state index contributed by atoms with van der Waals surface area (Å²) < 4.78 is 5.44. The fourth-order valence-corrected chi connectivity index (χ4v) is 2.39. The van der Waals surface area contributed by atoms with E-state index in [0.29, 0.717) is 25.9 Å². The molecule has 2 N–H and O–H groups in total. The lowest BCUT2D eigenvalue weighted by Crippen LogP contribution is -2.36. The van der Waals surface area contributed by atoms with Crippen LogP contribution >= 0.6 is 0 Å². The van der Waals surface area contributed by atoms with Crippen LogP contribution in [0.25, 0.3) is 0 Å². The van der Waals surface area contributed by atoms with Crippen molar-refractivity contribution in [1.29, 1.82) is 0 Å². The van der Waals surface area contributed by atoms with Crippen molar-refractivity contribution in [3.8, 4) is 0 Å². The van der Waals surface area contributed by atoms with Crippen LogP contribution in [0, 0.1) is 0 Å². The Morgan fingerprint density at radius 3 is 2.17 bits per heavy atom. The fraction of sp³-hybridized carbons (Fsp3) is 0.944. The zero-order valence-electron chi connectivity index (χ0n) is 15.2. The maximum atomic E-state index is 11.8. The van der Waals surface area contributed by atoms with Crippen LogP contribution in [0.5, 0.6) is 0 Å². The molecule has 1 amide bonds. The molecule has 0 aromatic carbocycles. The van der Waals surface area contributed by atoms with Crippen molar-refractivity contribution in [2.24, 2.45) is 0 Å². The number of hydrogen-bond donors (Lipinski definition) is 2. The minimum atomic E-state index is -0.356. The molecule has 0 aliphatic carbocycles. The quantitative estimate of drug-likeness (QED) is 0.420. The van der Waals surface area contributed by atoms with Gasteiger partial charge in [0.05, 0.1) is 6.61 Å². The number of alkyl carbamates (subject to hydrolysis) is 1. The van der Waals surface area contributed by atoms with Gasteiger partial charge in [-0.1, -0.05) is 52.4 Å². The predicted molar refractivity (Wildman–Crippen MR) is 94.2 cm³/mol. The molecule has 0 saturated heterocycles.